The number of hydrogen-bond acceptors (Lipinski definition) is 4. The number of carbonyl (C=O) groups is 2. The molecule has 1 atom stereocenters. The van der Waals surface area contributed by atoms with Gasteiger partial charge < -0.3 is 16.4 Å². The van der Waals surface area contributed by atoms with E-state index in [0.29, 0.717) is 11.1 Å². The Balaban J connectivity index is 2.00. The Morgan fingerprint density at radius 3 is 2.56 bits per heavy atom. The first-order valence-electron chi connectivity index (χ1n) is 8.20. The van der Waals surface area contributed by atoms with Gasteiger partial charge in [0.05, 0.1) is 12.2 Å². The minimum Gasteiger partial charge on any atom is -0.364 e. The summed E-state index contributed by atoms with van der Waals surface area (Å²) in [5.41, 5.74) is 6.34. The summed E-state index contributed by atoms with van der Waals surface area (Å²) in [7, 11) is 1.50. The van der Waals surface area contributed by atoms with Gasteiger partial charge >= 0.3 is 6.18 Å². The summed E-state index contributed by atoms with van der Waals surface area (Å²) in [6.45, 7) is -0.179. The SMILES string of the molecule is CNC(=O)c1ccc(Cn2nc(C(N)=O)c3c2C(C(F)(F)F)CNC3)cc1. The Hall–Kier alpha value is -2.88. The number of fused-ring (bicyclic) bond motifs is 1. The third-order valence-electron chi connectivity index (χ3n) is 4.48. The minimum atomic E-state index is -4.49. The second-order valence-electron chi connectivity index (χ2n) is 6.24. The van der Waals surface area contributed by atoms with E-state index in [4.69, 9.17) is 5.73 Å². The van der Waals surface area contributed by atoms with Crippen molar-refractivity contribution in [3.05, 3.63) is 52.3 Å². The van der Waals surface area contributed by atoms with E-state index in [-0.39, 0.29) is 42.5 Å². The minimum absolute atomic E-state index is 0.0240. The molecule has 1 unspecified atom stereocenters. The van der Waals surface area contributed by atoms with Crippen LogP contribution in [-0.2, 0) is 13.1 Å². The van der Waals surface area contributed by atoms with Crippen LogP contribution in [0.5, 0.6) is 0 Å². The number of halogens is 3. The van der Waals surface area contributed by atoms with Gasteiger partial charge in [0, 0.05) is 31.3 Å². The van der Waals surface area contributed by atoms with Crippen molar-refractivity contribution in [1.82, 2.24) is 20.4 Å². The number of nitrogens with two attached hydrogens (primary N) is 1. The summed E-state index contributed by atoms with van der Waals surface area (Å²) in [5, 5.41) is 9.21. The van der Waals surface area contributed by atoms with Gasteiger partial charge in [0.2, 0.25) is 0 Å². The van der Waals surface area contributed by atoms with Crippen LogP contribution >= 0.6 is 0 Å². The van der Waals surface area contributed by atoms with Crippen LogP contribution in [0.4, 0.5) is 13.2 Å². The molecule has 2 heterocycles. The molecule has 0 bridgehead atoms. The molecule has 1 aliphatic rings. The molecule has 1 aromatic carbocycles. The molecular weight excluding hydrogens is 363 g/mol. The van der Waals surface area contributed by atoms with Gasteiger partial charge in [-0.3, -0.25) is 14.3 Å². The fourth-order valence-corrected chi connectivity index (χ4v) is 3.18. The second kappa shape index (κ2) is 7.03. The number of benzene rings is 1. The molecule has 0 aliphatic carbocycles. The molecule has 0 spiro atoms. The predicted molar refractivity (Wildman–Crippen MR) is 90.2 cm³/mol. The highest BCUT2D eigenvalue weighted by atomic mass is 19.4. The summed E-state index contributed by atoms with van der Waals surface area (Å²) in [6, 6.07) is 6.41. The first-order chi connectivity index (χ1) is 12.7. The fourth-order valence-electron chi connectivity index (χ4n) is 3.18. The standard InChI is InChI=1S/C17H18F3N5O2/c1-22-16(27)10-4-2-9(3-5-10)8-25-14-11(13(24-25)15(21)26)6-23-7-12(14)17(18,19)20/h2-5,12,23H,6-8H2,1H3,(H2,21,26)(H,22,27). The van der Waals surface area contributed by atoms with E-state index < -0.39 is 18.0 Å². The summed E-state index contributed by atoms with van der Waals surface area (Å²) in [5.74, 6) is -2.92. The number of alkyl halides is 3. The highest BCUT2D eigenvalue weighted by molar-refractivity contribution is 5.94. The average Bonchev–Trinajstić information content (AvgIpc) is 3.00. The second-order valence-corrected chi connectivity index (χ2v) is 6.24. The number of nitrogens with zero attached hydrogens (tertiary/aromatic N) is 2. The molecule has 0 saturated carbocycles. The van der Waals surface area contributed by atoms with Gasteiger partial charge in [-0.25, -0.2) is 0 Å². The van der Waals surface area contributed by atoms with Crippen molar-refractivity contribution in [2.24, 2.45) is 5.73 Å². The van der Waals surface area contributed by atoms with Gasteiger partial charge in [0.25, 0.3) is 11.8 Å². The van der Waals surface area contributed by atoms with Crippen LogP contribution < -0.4 is 16.4 Å². The smallest absolute Gasteiger partial charge is 0.364 e. The van der Waals surface area contributed by atoms with E-state index in [0.717, 1.165) is 0 Å². The van der Waals surface area contributed by atoms with Crippen LogP contribution in [0.15, 0.2) is 24.3 Å². The van der Waals surface area contributed by atoms with E-state index in [1.165, 1.54) is 11.7 Å². The first kappa shape index (κ1) is 18.9. The van der Waals surface area contributed by atoms with Crippen molar-refractivity contribution in [2.45, 2.75) is 25.2 Å². The van der Waals surface area contributed by atoms with Gasteiger partial charge in [-0.15, -0.1) is 0 Å². The molecule has 7 nitrogen and oxygen atoms in total. The maximum Gasteiger partial charge on any atom is 0.398 e. The molecule has 1 aliphatic heterocycles. The number of carbonyl (C=O) groups excluding carboxylic acids is 2. The number of rotatable bonds is 4. The van der Waals surface area contributed by atoms with Crippen LogP contribution in [0.3, 0.4) is 0 Å². The highest BCUT2D eigenvalue weighted by Gasteiger charge is 2.46. The fraction of sp³-hybridized carbons (Fsp3) is 0.353. The molecule has 0 radical (unpaired) electrons. The van der Waals surface area contributed by atoms with Crippen molar-refractivity contribution < 1.29 is 22.8 Å². The zero-order chi connectivity index (χ0) is 19.8. The Labute approximate surface area is 152 Å². The first-order valence-corrected chi connectivity index (χ1v) is 8.20. The largest absolute Gasteiger partial charge is 0.398 e. The Kier molecular flexibility index (Phi) is 4.92. The van der Waals surface area contributed by atoms with Gasteiger partial charge in [-0.2, -0.15) is 18.3 Å². The van der Waals surface area contributed by atoms with E-state index in [1.54, 1.807) is 24.3 Å². The van der Waals surface area contributed by atoms with Gasteiger partial charge in [-0.05, 0) is 17.7 Å². The predicted octanol–water partition coefficient (Wildman–Crippen LogP) is 1.14. The van der Waals surface area contributed by atoms with Crippen LogP contribution in [0.1, 0.15) is 43.6 Å². The van der Waals surface area contributed by atoms with E-state index in [1.807, 2.05) is 0 Å². The van der Waals surface area contributed by atoms with Gasteiger partial charge in [0.15, 0.2) is 5.69 Å². The number of primary amides is 1. The van der Waals surface area contributed by atoms with Gasteiger partial charge in [0.1, 0.15) is 5.92 Å². The van der Waals surface area contributed by atoms with Crippen LogP contribution in [0.25, 0.3) is 0 Å². The molecule has 2 aromatic rings. The summed E-state index contributed by atoms with van der Waals surface area (Å²) in [6.07, 6.45) is -4.49. The lowest BCUT2D eigenvalue weighted by Crippen LogP contribution is -2.38. The lowest BCUT2D eigenvalue weighted by atomic mass is 9.95. The van der Waals surface area contributed by atoms with E-state index in [2.05, 4.69) is 15.7 Å². The van der Waals surface area contributed by atoms with Gasteiger partial charge in [-0.1, -0.05) is 12.1 Å². The third-order valence-corrected chi connectivity index (χ3v) is 4.48. The summed E-state index contributed by atoms with van der Waals surface area (Å²) >= 11 is 0. The molecule has 2 amide bonds. The average molecular weight is 381 g/mol. The molecule has 4 N–H and O–H groups in total. The van der Waals surface area contributed by atoms with E-state index in [9.17, 15) is 22.8 Å². The van der Waals surface area contributed by atoms with E-state index >= 15 is 0 Å². The van der Waals surface area contributed by atoms with Crippen molar-refractivity contribution in [1.29, 1.82) is 0 Å². The lowest BCUT2D eigenvalue weighted by Gasteiger charge is -2.27. The summed E-state index contributed by atoms with van der Waals surface area (Å²) < 4.78 is 41.6. The zero-order valence-electron chi connectivity index (χ0n) is 14.4. The maximum absolute atomic E-state index is 13.5. The molecule has 27 heavy (non-hydrogen) atoms. The number of hydrogen-bond donors (Lipinski definition) is 3. The third kappa shape index (κ3) is 3.65. The molecule has 10 heteroatoms. The maximum atomic E-state index is 13.5. The molecular formula is C17H18F3N5O2. The normalized spacial score (nSPS) is 16.7. The Bertz CT molecular complexity index is 874. The molecule has 3 rings (SSSR count). The van der Waals surface area contributed by atoms with Crippen LogP contribution in [-0.4, -0.2) is 41.4 Å². The quantitative estimate of drug-likeness (QED) is 0.739. The monoisotopic (exact) mass is 381 g/mol. The topological polar surface area (TPSA) is 102 Å². The molecule has 0 fully saturated rings. The van der Waals surface area contributed by atoms with Crippen molar-refractivity contribution >= 4 is 11.8 Å². The lowest BCUT2D eigenvalue weighted by molar-refractivity contribution is -0.152. The van der Waals surface area contributed by atoms with Crippen molar-refractivity contribution in [3.8, 4) is 0 Å². The number of amides is 2. The number of aromatic nitrogens is 2. The molecule has 0 saturated heterocycles. The zero-order valence-corrected chi connectivity index (χ0v) is 14.4. The number of nitrogens with one attached hydrogen (secondary N) is 2. The van der Waals surface area contributed by atoms with Crippen molar-refractivity contribution in [3.63, 3.8) is 0 Å². The van der Waals surface area contributed by atoms with Crippen molar-refractivity contribution in [2.75, 3.05) is 13.6 Å². The van der Waals surface area contributed by atoms with Crippen LogP contribution in [0.2, 0.25) is 0 Å². The Morgan fingerprint density at radius 1 is 1.33 bits per heavy atom. The summed E-state index contributed by atoms with van der Waals surface area (Å²) in [4.78, 5) is 23.2. The molecule has 144 valence electrons. The Morgan fingerprint density at radius 2 is 2.00 bits per heavy atom. The van der Waals surface area contributed by atoms with Crippen LogP contribution in [0, 0.1) is 0 Å². The molecule has 1 aromatic heterocycles. The highest BCUT2D eigenvalue weighted by Crippen LogP contribution is 2.39.